The Bertz CT molecular complexity index is 282. The van der Waals surface area contributed by atoms with Crippen LogP contribution in [0.1, 0.15) is 12.8 Å². The fraction of sp³-hybridized carbons (Fsp3) is 0.750. The van der Waals surface area contributed by atoms with Crippen molar-refractivity contribution < 1.29 is 33.0 Å². The van der Waals surface area contributed by atoms with E-state index in [2.05, 4.69) is 0 Å². The molecule has 1 amide bonds. The highest BCUT2D eigenvalue weighted by atomic mass is 19.4. The van der Waals surface area contributed by atoms with Crippen molar-refractivity contribution in [2.75, 3.05) is 13.1 Å². The smallest absolute Gasteiger partial charge is 0.475 e. The number of aliphatic carboxylic acids is 1. The molecule has 1 aliphatic heterocycles. The number of amides is 1. The number of carboxylic acid groups (broad SMARTS) is 2. The molecule has 1 heterocycles. The Morgan fingerprint density at radius 1 is 1.29 bits per heavy atom. The molecule has 0 aliphatic carbocycles. The summed E-state index contributed by atoms with van der Waals surface area (Å²) in [4.78, 5) is 20.6. The first-order valence-corrected chi connectivity index (χ1v) is 4.68. The van der Waals surface area contributed by atoms with Crippen molar-refractivity contribution in [3.63, 3.8) is 0 Å². The molecule has 17 heavy (non-hydrogen) atoms. The molecule has 0 bridgehead atoms. The minimum atomic E-state index is -5.08. The van der Waals surface area contributed by atoms with Crippen molar-refractivity contribution in [1.29, 1.82) is 0 Å². The van der Waals surface area contributed by atoms with E-state index in [9.17, 15) is 18.0 Å². The second-order valence-corrected chi connectivity index (χ2v) is 3.43. The van der Waals surface area contributed by atoms with Crippen molar-refractivity contribution in [2.45, 2.75) is 25.1 Å². The van der Waals surface area contributed by atoms with E-state index < -0.39 is 18.2 Å². The van der Waals surface area contributed by atoms with Gasteiger partial charge in [0.25, 0.3) is 0 Å². The van der Waals surface area contributed by atoms with Gasteiger partial charge in [-0.15, -0.1) is 0 Å². The van der Waals surface area contributed by atoms with E-state index in [0.29, 0.717) is 13.1 Å². The lowest BCUT2D eigenvalue weighted by Gasteiger charge is -2.27. The number of hydrogen-bond donors (Lipinski definition) is 3. The van der Waals surface area contributed by atoms with Crippen LogP contribution < -0.4 is 5.73 Å². The average Bonchev–Trinajstić information content (AvgIpc) is 2.17. The van der Waals surface area contributed by atoms with Crippen LogP contribution in [0.25, 0.3) is 0 Å². The van der Waals surface area contributed by atoms with Crippen LogP contribution in [0.2, 0.25) is 0 Å². The summed E-state index contributed by atoms with van der Waals surface area (Å²) in [6.45, 7) is 1.14. The van der Waals surface area contributed by atoms with Gasteiger partial charge in [-0.25, -0.2) is 9.59 Å². The number of nitrogens with zero attached hydrogens (tertiary/aromatic N) is 1. The number of nitrogens with two attached hydrogens (primary N) is 1. The van der Waals surface area contributed by atoms with Crippen molar-refractivity contribution in [1.82, 2.24) is 4.90 Å². The fourth-order valence-electron chi connectivity index (χ4n) is 1.18. The van der Waals surface area contributed by atoms with Crippen LogP contribution in [0.5, 0.6) is 0 Å². The molecular weight excluding hydrogens is 245 g/mol. The topological polar surface area (TPSA) is 104 Å². The minimum Gasteiger partial charge on any atom is -0.475 e. The molecule has 0 saturated carbocycles. The second-order valence-electron chi connectivity index (χ2n) is 3.43. The van der Waals surface area contributed by atoms with Gasteiger partial charge in [0, 0.05) is 19.1 Å². The summed E-state index contributed by atoms with van der Waals surface area (Å²) in [6, 6.07) is 0.0462. The first-order chi connectivity index (χ1) is 7.64. The lowest BCUT2D eigenvalue weighted by Crippen LogP contribution is -2.45. The number of hydrogen-bond acceptors (Lipinski definition) is 3. The quantitative estimate of drug-likeness (QED) is 0.594. The van der Waals surface area contributed by atoms with Crippen LogP contribution in [-0.4, -0.2) is 52.5 Å². The highest BCUT2D eigenvalue weighted by Crippen LogP contribution is 2.13. The maximum absolute atomic E-state index is 10.6. The van der Waals surface area contributed by atoms with Crippen LogP contribution >= 0.6 is 0 Å². The zero-order valence-electron chi connectivity index (χ0n) is 8.78. The normalized spacial score (nSPS) is 20.2. The summed E-state index contributed by atoms with van der Waals surface area (Å²) in [5, 5.41) is 15.7. The lowest BCUT2D eigenvalue weighted by molar-refractivity contribution is -0.192. The highest BCUT2D eigenvalue weighted by Gasteiger charge is 2.38. The van der Waals surface area contributed by atoms with E-state index >= 15 is 0 Å². The number of alkyl halides is 3. The highest BCUT2D eigenvalue weighted by molar-refractivity contribution is 5.73. The fourth-order valence-corrected chi connectivity index (χ4v) is 1.18. The van der Waals surface area contributed by atoms with Crippen molar-refractivity contribution >= 4 is 12.1 Å². The van der Waals surface area contributed by atoms with Gasteiger partial charge in [-0.05, 0) is 12.8 Å². The summed E-state index contributed by atoms with van der Waals surface area (Å²) in [7, 11) is 0. The molecule has 0 radical (unpaired) electrons. The predicted octanol–water partition coefficient (Wildman–Crippen LogP) is 0.721. The monoisotopic (exact) mass is 258 g/mol. The molecule has 0 aromatic heterocycles. The molecule has 1 saturated heterocycles. The molecule has 9 heteroatoms. The summed E-state index contributed by atoms with van der Waals surface area (Å²) in [6.07, 6.45) is -4.09. The van der Waals surface area contributed by atoms with Crippen molar-refractivity contribution in [3.8, 4) is 0 Å². The average molecular weight is 258 g/mol. The number of carbonyl (C=O) groups is 2. The standard InChI is InChI=1S/C6H12N2O2.C2HF3O2/c7-5-2-1-3-8(4-5)6(9)10;3-2(4,5)1(6)7/h5H,1-4,7H2,(H,9,10);(H,6,7). The van der Waals surface area contributed by atoms with Crippen molar-refractivity contribution in [3.05, 3.63) is 0 Å². The van der Waals surface area contributed by atoms with Gasteiger partial charge in [0.1, 0.15) is 0 Å². The number of likely N-dealkylation sites (tertiary alicyclic amines) is 1. The van der Waals surface area contributed by atoms with Gasteiger partial charge in [0.05, 0.1) is 0 Å². The Morgan fingerprint density at radius 2 is 1.76 bits per heavy atom. The van der Waals surface area contributed by atoms with Gasteiger partial charge < -0.3 is 20.8 Å². The van der Waals surface area contributed by atoms with E-state index in [1.165, 1.54) is 4.90 Å². The molecule has 1 atom stereocenters. The Balaban J connectivity index is 0.000000325. The van der Waals surface area contributed by atoms with E-state index in [0.717, 1.165) is 12.8 Å². The second kappa shape index (κ2) is 6.28. The Hall–Kier alpha value is -1.51. The van der Waals surface area contributed by atoms with Crippen LogP contribution in [0.15, 0.2) is 0 Å². The molecule has 0 spiro atoms. The SMILES string of the molecule is NC1CCCN(C(=O)O)C1.O=C(O)C(F)(F)F. The van der Waals surface area contributed by atoms with Gasteiger partial charge >= 0.3 is 18.2 Å². The molecule has 1 aliphatic rings. The van der Waals surface area contributed by atoms with Crippen LogP contribution in [-0.2, 0) is 4.79 Å². The van der Waals surface area contributed by atoms with Gasteiger partial charge in [-0.1, -0.05) is 0 Å². The van der Waals surface area contributed by atoms with E-state index in [1.807, 2.05) is 0 Å². The van der Waals surface area contributed by atoms with Gasteiger partial charge in [-0.2, -0.15) is 13.2 Å². The number of carboxylic acids is 1. The third kappa shape index (κ3) is 6.61. The van der Waals surface area contributed by atoms with E-state index in [-0.39, 0.29) is 6.04 Å². The summed E-state index contributed by atoms with van der Waals surface area (Å²) >= 11 is 0. The lowest BCUT2D eigenvalue weighted by atomic mass is 10.1. The molecule has 0 aromatic carbocycles. The number of piperidine rings is 1. The molecule has 1 fully saturated rings. The predicted molar refractivity (Wildman–Crippen MR) is 50.5 cm³/mol. The Kier molecular flexibility index (Phi) is 5.72. The zero-order valence-corrected chi connectivity index (χ0v) is 8.78. The van der Waals surface area contributed by atoms with Crippen LogP contribution in [0.3, 0.4) is 0 Å². The summed E-state index contributed by atoms with van der Waals surface area (Å²) in [5.74, 6) is -2.76. The molecular formula is C8H13F3N2O4. The largest absolute Gasteiger partial charge is 0.490 e. The maximum Gasteiger partial charge on any atom is 0.490 e. The first-order valence-electron chi connectivity index (χ1n) is 4.68. The molecule has 100 valence electrons. The van der Waals surface area contributed by atoms with Crippen molar-refractivity contribution in [2.24, 2.45) is 5.73 Å². The Labute approximate surface area is 94.8 Å². The van der Waals surface area contributed by atoms with Gasteiger partial charge in [0.15, 0.2) is 0 Å². The first kappa shape index (κ1) is 15.5. The van der Waals surface area contributed by atoms with E-state index in [1.54, 1.807) is 0 Å². The maximum atomic E-state index is 10.6. The third-order valence-corrected chi connectivity index (χ3v) is 1.97. The number of rotatable bonds is 0. The summed E-state index contributed by atoms with van der Waals surface area (Å²) < 4.78 is 31.7. The van der Waals surface area contributed by atoms with E-state index in [4.69, 9.17) is 20.7 Å². The zero-order chi connectivity index (χ0) is 13.6. The van der Waals surface area contributed by atoms with Gasteiger partial charge in [-0.3, -0.25) is 0 Å². The molecule has 6 nitrogen and oxygen atoms in total. The summed E-state index contributed by atoms with van der Waals surface area (Å²) in [5.41, 5.74) is 5.56. The molecule has 1 unspecified atom stereocenters. The number of halogens is 3. The van der Waals surface area contributed by atoms with Gasteiger partial charge in [0.2, 0.25) is 0 Å². The molecule has 0 aromatic rings. The minimum absolute atomic E-state index is 0.0462. The van der Waals surface area contributed by atoms with Crippen LogP contribution in [0.4, 0.5) is 18.0 Å². The Morgan fingerprint density at radius 3 is 2.00 bits per heavy atom. The molecule has 4 N–H and O–H groups in total. The third-order valence-electron chi connectivity index (χ3n) is 1.97. The molecule has 1 rings (SSSR count). The van der Waals surface area contributed by atoms with Crippen LogP contribution in [0, 0.1) is 0 Å².